The van der Waals surface area contributed by atoms with Crippen molar-refractivity contribution in [3.63, 3.8) is 0 Å². The van der Waals surface area contributed by atoms with Gasteiger partial charge in [-0.15, -0.1) is 11.3 Å². The van der Waals surface area contributed by atoms with Crippen molar-refractivity contribution < 1.29 is 4.79 Å². The number of hydrogen-bond acceptors (Lipinski definition) is 3. The molecule has 0 spiro atoms. The second kappa shape index (κ2) is 6.90. The second-order valence-corrected chi connectivity index (χ2v) is 5.98. The summed E-state index contributed by atoms with van der Waals surface area (Å²) in [6, 6.07) is 2.52. The Balaban J connectivity index is 1.64. The van der Waals surface area contributed by atoms with Crippen molar-refractivity contribution in [2.75, 3.05) is 13.1 Å². The maximum Gasteiger partial charge on any atom is 0.221 e. The monoisotopic (exact) mass is 266 g/mol. The highest BCUT2D eigenvalue weighted by molar-refractivity contribution is 7.10. The Morgan fingerprint density at radius 2 is 2.44 bits per heavy atom. The zero-order valence-corrected chi connectivity index (χ0v) is 11.8. The Hall–Kier alpha value is -0.870. The van der Waals surface area contributed by atoms with Crippen molar-refractivity contribution in [2.45, 2.75) is 45.1 Å². The maximum atomic E-state index is 11.8. The fraction of sp³-hybridized carbons (Fsp3) is 0.643. The van der Waals surface area contributed by atoms with Crippen LogP contribution < -0.4 is 10.6 Å². The fourth-order valence-electron chi connectivity index (χ4n) is 2.37. The number of carbonyl (C=O) groups excluding carboxylic acids is 1. The first-order valence-corrected chi connectivity index (χ1v) is 7.66. The third-order valence-corrected chi connectivity index (χ3v) is 4.57. The van der Waals surface area contributed by atoms with Crippen LogP contribution in [0.3, 0.4) is 0 Å². The zero-order chi connectivity index (χ0) is 12.8. The third-order valence-electron chi connectivity index (χ3n) is 3.49. The Morgan fingerprint density at radius 1 is 1.56 bits per heavy atom. The van der Waals surface area contributed by atoms with Gasteiger partial charge >= 0.3 is 0 Å². The van der Waals surface area contributed by atoms with Gasteiger partial charge in [0.2, 0.25) is 5.91 Å². The van der Waals surface area contributed by atoms with Gasteiger partial charge in [-0.1, -0.05) is 6.42 Å². The summed E-state index contributed by atoms with van der Waals surface area (Å²) in [4.78, 5) is 13.2. The van der Waals surface area contributed by atoms with Gasteiger partial charge in [0.25, 0.3) is 0 Å². The number of aryl methyl sites for hydroxylation is 1. The van der Waals surface area contributed by atoms with Gasteiger partial charge in [-0.25, -0.2) is 0 Å². The number of rotatable bonds is 5. The molecule has 1 aromatic heterocycles. The van der Waals surface area contributed by atoms with E-state index in [4.69, 9.17) is 0 Å². The molecule has 1 aromatic rings. The highest BCUT2D eigenvalue weighted by atomic mass is 32.1. The van der Waals surface area contributed by atoms with Crippen LogP contribution in [0.25, 0.3) is 0 Å². The lowest BCUT2D eigenvalue weighted by Crippen LogP contribution is -2.39. The fourth-order valence-corrected chi connectivity index (χ4v) is 3.28. The molecule has 1 saturated heterocycles. The van der Waals surface area contributed by atoms with Crippen molar-refractivity contribution in [3.8, 4) is 0 Å². The molecule has 1 aliphatic rings. The smallest absolute Gasteiger partial charge is 0.221 e. The lowest BCUT2D eigenvalue weighted by molar-refractivity contribution is -0.121. The van der Waals surface area contributed by atoms with E-state index >= 15 is 0 Å². The number of piperidine rings is 1. The number of thiophene rings is 1. The SMILES string of the molecule is Cc1ccsc1CCNC(=O)CC1CCCCN1. The highest BCUT2D eigenvalue weighted by Crippen LogP contribution is 2.15. The van der Waals surface area contributed by atoms with E-state index in [9.17, 15) is 4.79 Å². The van der Waals surface area contributed by atoms with Crippen LogP contribution in [-0.4, -0.2) is 25.0 Å². The lowest BCUT2D eigenvalue weighted by Gasteiger charge is -2.22. The lowest BCUT2D eigenvalue weighted by atomic mass is 10.0. The topological polar surface area (TPSA) is 41.1 Å². The van der Waals surface area contributed by atoms with Gasteiger partial charge in [0, 0.05) is 23.9 Å². The Morgan fingerprint density at radius 3 is 3.11 bits per heavy atom. The molecular formula is C14H22N2OS. The average molecular weight is 266 g/mol. The molecule has 3 nitrogen and oxygen atoms in total. The summed E-state index contributed by atoms with van der Waals surface area (Å²) >= 11 is 1.77. The minimum Gasteiger partial charge on any atom is -0.356 e. The van der Waals surface area contributed by atoms with Crippen LogP contribution in [0, 0.1) is 6.92 Å². The largest absolute Gasteiger partial charge is 0.356 e. The number of carbonyl (C=O) groups is 1. The average Bonchev–Trinajstić information content (AvgIpc) is 2.76. The van der Waals surface area contributed by atoms with Gasteiger partial charge in [0.15, 0.2) is 0 Å². The van der Waals surface area contributed by atoms with Crippen LogP contribution in [0.15, 0.2) is 11.4 Å². The van der Waals surface area contributed by atoms with E-state index in [0.29, 0.717) is 12.5 Å². The predicted octanol–water partition coefficient (Wildman–Crippen LogP) is 2.25. The molecule has 2 heterocycles. The Bertz CT molecular complexity index is 383. The molecule has 0 saturated carbocycles. The van der Waals surface area contributed by atoms with Gasteiger partial charge in [0.05, 0.1) is 0 Å². The normalized spacial score (nSPS) is 19.7. The molecule has 0 aromatic carbocycles. The molecule has 1 atom stereocenters. The zero-order valence-electron chi connectivity index (χ0n) is 11.0. The first kappa shape index (κ1) is 13.6. The number of amides is 1. The van der Waals surface area contributed by atoms with E-state index in [1.165, 1.54) is 23.3 Å². The second-order valence-electron chi connectivity index (χ2n) is 4.98. The molecule has 4 heteroatoms. The van der Waals surface area contributed by atoms with Crippen LogP contribution in [0.1, 0.15) is 36.1 Å². The summed E-state index contributed by atoms with van der Waals surface area (Å²) in [6.07, 6.45) is 5.21. The van der Waals surface area contributed by atoms with Gasteiger partial charge in [0.1, 0.15) is 0 Å². The van der Waals surface area contributed by atoms with E-state index in [0.717, 1.165) is 25.9 Å². The van der Waals surface area contributed by atoms with Crippen LogP contribution in [0.5, 0.6) is 0 Å². The van der Waals surface area contributed by atoms with Gasteiger partial charge in [-0.05, 0) is 49.7 Å². The van der Waals surface area contributed by atoms with Crippen molar-refractivity contribution >= 4 is 17.2 Å². The van der Waals surface area contributed by atoms with E-state index in [-0.39, 0.29) is 5.91 Å². The van der Waals surface area contributed by atoms with Gasteiger partial charge in [-0.3, -0.25) is 4.79 Å². The first-order chi connectivity index (χ1) is 8.75. The van der Waals surface area contributed by atoms with Gasteiger partial charge in [-0.2, -0.15) is 0 Å². The maximum absolute atomic E-state index is 11.8. The summed E-state index contributed by atoms with van der Waals surface area (Å²) in [5, 5.41) is 8.54. The molecule has 1 amide bonds. The molecule has 1 aliphatic heterocycles. The Kier molecular flexibility index (Phi) is 5.20. The molecule has 0 bridgehead atoms. The summed E-state index contributed by atoms with van der Waals surface area (Å²) in [6.45, 7) is 3.94. The number of nitrogens with one attached hydrogen (secondary N) is 2. The minimum absolute atomic E-state index is 0.184. The van der Waals surface area contributed by atoms with Crippen LogP contribution in [0.2, 0.25) is 0 Å². The molecule has 2 N–H and O–H groups in total. The summed E-state index contributed by atoms with van der Waals surface area (Å²) in [5.41, 5.74) is 1.34. The summed E-state index contributed by atoms with van der Waals surface area (Å²) in [7, 11) is 0. The quantitative estimate of drug-likeness (QED) is 0.858. The van der Waals surface area contributed by atoms with E-state index in [1.807, 2.05) is 0 Å². The molecular weight excluding hydrogens is 244 g/mol. The summed E-state index contributed by atoms with van der Waals surface area (Å²) < 4.78 is 0. The van der Waals surface area contributed by atoms with Crippen LogP contribution in [-0.2, 0) is 11.2 Å². The molecule has 0 radical (unpaired) electrons. The molecule has 18 heavy (non-hydrogen) atoms. The van der Waals surface area contributed by atoms with E-state index in [2.05, 4.69) is 29.0 Å². The standard InChI is InChI=1S/C14H22N2OS/c1-11-6-9-18-13(11)5-8-16-14(17)10-12-4-2-3-7-15-12/h6,9,12,15H,2-5,7-8,10H2,1H3,(H,16,17). The highest BCUT2D eigenvalue weighted by Gasteiger charge is 2.15. The Labute approximate surface area is 113 Å². The molecule has 0 aliphatic carbocycles. The minimum atomic E-state index is 0.184. The van der Waals surface area contributed by atoms with E-state index < -0.39 is 0 Å². The van der Waals surface area contributed by atoms with Crippen molar-refractivity contribution in [2.24, 2.45) is 0 Å². The van der Waals surface area contributed by atoms with Crippen LogP contribution >= 0.6 is 11.3 Å². The summed E-state index contributed by atoms with van der Waals surface area (Å²) in [5.74, 6) is 0.184. The van der Waals surface area contributed by atoms with Gasteiger partial charge < -0.3 is 10.6 Å². The van der Waals surface area contributed by atoms with Crippen molar-refractivity contribution in [3.05, 3.63) is 21.9 Å². The predicted molar refractivity (Wildman–Crippen MR) is 76.0 cm³/mol. The molecule has 1 fully saturated rings. The third kappa shape index (κ3) is 4.10. The van der Waals surface area contributed by atoms with Crippen molar-refractivity contribution in [1.29, 1.82) is 0 Å². The first-order valence-electron chi connectivity index (χ1n) is 6.79. The van der Waals surface area contributed by atoms with Crippen molar-refractivity contribution in [1.82, 2.24) is 10.6 Å². The molecule has 100 valence electrons. The molecule has 2 rings (SSSR count). The van der Waals surface area contributed by atoms with E-state index in [1.54, 1.807) is 11.3 Å². The van der Waals surface area contributed by atoms with Crippen LogP contribution in [0.4, 0.5) is 0 Å². The number of hydrogen-bond donors (Lipinski definition) is 2. The molecule has 1 unspecified atom stereocenters.